The van der Waals surface area contributed by atoms with Gasteiger partial charge in [0, 0.05) is 29.9 Å². The molecule has 0 unspecified atom stereocenters. The minimum Gasteiger partial charge on any atom is -0.352 e. The molecule has 0 aliphatic carbocycles. The Morgan fingerprint density at radius 1 is 1.04 bits per heavy atom. The average molecular weight is 379 g/mol. The van der Waals surface area contributed by atoms with E-state index in [2.05, 4.69) is 10.6 Å². The van der Waals surface area contributed by atoms with E-state index in [-0.39, 0.29) is 29.3 Å². The second kappa shape index (κ2) is 8.68. The Balaban J connectivity index is 2.23. The maximum absolute atomic E-state index is 13.0. The topological polar surface area (TPSA) is 84.2 Å². The molecule has 144 valence electrons. The van der Waals surface area contributed by atoms with Crippen LogP contribution in [0.5, 0.6) is 0 Å². The first-order valence-corrected chi connectivity index (χ1v) is 8.35. The predicted molar refractivity (Wildman–Crippen MR) is 96.4 cm³/mol. The molecule has 5 nitrogen and oxygen atoms in total. The number of halogens is 3. The van der Waals surface area contributed by atoms with Gasteiger partial charge in [0.1, 0.15) is 0 Å². The Bertz CT molecular complexity index is 835. The molecule has 2 amide bonds. The fourth-order valence-corrected chi connectivity index (χ4v) is 2.39. The number of hydrogen-bond acceptors (Lipinski definition) is 3. The number of benzene rings is 2. The Hall–Kier alpha value is -2.87. The Labute approximate surface area is 154 Å². The summed E-state index contributed by atoms with van der Waals surface area (Å²) in [6, 6.07) is 9.11. The average Bonchev–Trinajstić information content (AvgIpc) is 2.65. The zero-order valence-corrected chi connectivity index (χ0v) is 14.7. The molecule has 0 heterocycles. The summed E-state index contributed by atoms with van der Waals surface area (Å²) in [6.07, 6.45) is -3.78. The second-order valence-corrected chi connectivity index (χ2v) is 5.91. The van der Waals surface area contributed by atoms with Gasteiger partial charge >= 0.3 is 6.18 Å². The van der Waals surface area contributed by atoms with Gasteiger partial charge in [-0.25, -0.2) is 0 Å². The zero-order valence-electron chi connectivity index (χ0n) is 14.7. The third-order valence-electron chi connectivity index (χ3n) is 3.74. The quantitative estimate of drug-likeness (QED) is 0.718. The van der Waals surface area contributed by atoms with Crippen molar-refractivity contribution in [3.8, 4) is 0 Å². The fraction of sp³-hybridized carbons (Fsp3) is 0.263. The van der Waals surface area contributed by atoms with E-state index in [0.29, 0.717) is 12.1 Å². The van der Waals surface area contributed by atoms with Crippen molar-refractivity contribution in [1.82, 2.24) is 5.32 Å². The molecule has 0 aromatic heterocycles. The van der Waals surface area contributed by atoms with E-state index in [1.165, 1.54) is 24.3 Å². The smallest absolute Gasteiger partial charge is 0.352 e. The van der Waals surface area contributed by atoms with Crippen LogP contribution in [-0.2, 0) is 12.7 Å². The summed E-state index contributed by atoms with van der Waals surface area (Å²) in [5.41, 5.74) is 5.22. The lowest BCUT2D eigenvalue weighted by molar-refractivity contribution is -0.137. The number of amides is 2. The molecular weight excluding hydrogens is 359 g/mol. The van der Waals surface area contributed by atoms with Gasteiger partial charge in [-0.05, 0) is 48.4 Å². The molecule has 0 bridgehead atoms. The highest BCUT2D eigenvalue weighted by atomic mass is 19.4. The van der Waals surface area contributed by atoms with Crippen LogP contribution < -0.4 is 16.4 Å². The van der Waals surface area contributed by atoms with E-state index in [1.54, 1.807) is 6.07 Å². The van der Waals surface area contributed by atoms with Crippen LogP contribution in [0, 0.1) is 0 Å². The molecule has 2 aromatic carbocycles. The van der Waals surface area contributed by atoms with Crippen LogP contribution in [0.2, 0.25) is 0 Å². The van der Waals surface area contributed by atoms with E-state index in [4.69, 9.17) is 5.73 Å². The van der Waals surface area contributed by atoms with Gasteiger partial charge in [0.2, 0.25) is 0 Å². The van der Waals surface area contributed by atoms with Crippen molar-refractivity contribution in [2.24, 2.45) is 5.73 Å². The van der Waals surface area contributed by atoms with E-state index >= 15 is 0 Å². The number of alkyl halides is 3. The summed E-state index contributed by atoms with van der Waals surface area (Å²) in [5, 5.41) is 5.12. The minimum atomic E-state index is -4.55. The van der Waals surface area contributed by atoms with E-state index < -0.39 is 17.6 Å². The van der Waals surface area contributed by atoms with Crippen LogP contribution in [-0.4, -0.2) is 18.4 Å². The zero-order chi connectivity index (χ0) is 20.0. The minimum absolute atomic E-state index is 0.0175. The second-order valence-electron chi connectivity index (χ2n) is 5.91. The van der Waals surface area contributed by atoms with Gasteiger partial charge in [-0.3, -0.25) is 9.59 Å². The number of rotatable bonds is 6. The number of nitrogens with one attached hydrogen (secondary N) is 2. The first-order valence-electron chi connectivity index (χ1n) is 8.35. The molecule has 2 rings (SSSR count). The Kier molecular flexibility index (Phi) is 6.57. The number of nitrogens with two attached hydrogens (primary N) is 1. The highest BCUT2D eigenvalue weighted by Crippen LogP contribution is 2.32. The standard InChI is InChI=1S/C19H20F3N3O2/c1-2-6-24-17(26)13-4-3-5-14(9-13)18(27)25-16-8-12(11-23)7-15(10-16)19(20,21)22/h3-5,7-10H,2,6,11,23H2,1H3,(H,24,26)(H,25,27). The molecule has 0 saturated heterocycles. The van der Waals surface area contributed by atoms with E-state index in [1.807, 2.05) is 6.92 Å². The van der Waals surface area contributed by atoms with Crippen LogP contribution in [0.25, 0.3) is 0 Å². The lowest BCUT2D eigenvalue weighted by Gasteiger charge is -2.13. The van der Waals surface area contributed by atoms with Crippen LogP contribution >= 0.6 is 0 Å². The monoisotopic (exact) mass is 379 g/mol. The van der Waals surface area contributed by atoms with Crippen molar-refractivity contribution in [3.63, 3.8) is 0 Å². The molecule has 0 aliphatic rings. The van der Waals surface area contributed by atoms with Gasteiger partial charge in [-0.1, -0.05) is 13.0 Å². The third kappa shape index (κ3) is 5.55. The summed E-state index contributed by atoms with van der Waals surface area (Å²) in [4.78, 5) is 24.4. The fourth-order valence-electron chi connectivity index (χ4n) is 2.39. The van der Waals surface area contributed by atoms with Crippen LogP contribution in [0.3, 0.4) is 0 Å². The lowest BCUT2D eigenvalue weighted by Crippen LogP contribution is -2.24. The number of carbonyl (C=O) groups excluding carboxylic acids is 2. The van der Waals surface area contributed by atoms with Crippen molar-refractivity contribution >= 4 is 17.5 Å². The summed E-state index contributed by atoms with van der Waals surface area (Å²) in [6.45, 7) is 2.32. The van der Waals surface area contributed by atoms with Crippen molar-refractivity contribution in [3.05, 3.63) is 64.7 Å². The molecule has 27 heavy (non-hydrogen) atoms. The van der Waals surface area contributed by atoms with E-state index in [9.17, 15) is 22.8 Å². The number of carbonyl (C=O) groups is 2. The number of anilines is 1. The molecule has 0 atom stereocenters. The predicted octanol–water partition coefficient (Wildman–Crippen LogP) is 3.56. The largest absolute Gasteiger partial charge is 0.416 e. The summed E-state index contributed by atoms with van der Waals surface area (Å²) < 4.78 is 39.0. The van der Waals surface area contributed by atoms with Crippen molar-refractivity contribution in [2.45, 2.75) is 26.1 Å². The summed E-state index contributed by atoms with van der Waals surface area (Å²) in [7, 11) is 0. The van der Waals surface area contributed by atoms with Crippen LogP contribution in [0.4, 0.5) is 18.9 Å². The molecule has 0 radical (unpaired) electrons. The third-order valence-corrected chi connectivity index (χ3v) is 3.74. The van der Waals surface area contributed by atoms with Gasteiger partial charge in [-0.2, -0.15) is 13.2 Å². The molecule has 8 heteroatoms. The van der Waals surface area contributed by atoms with Crippen LogP contribution in [0.15, 0.2) is 42.5 Å². The lowest BCUT2D eigenvalue weighted by atomic mass is 10.1. The summed E-state index contributed by atoms with van der Waals surface area (Å²) >= 11 is 0. The molecule has 2 aromatic rings. The first-order chi connectivity index (χ1) is 12.7. The number of hydrogen-bond donors (Lipinski definition) is 3. The highest BCUT2D eigenvalue weighted by Gasteiger charge is 2.31. The molecule has 4 N–H and O–H groups in total. The van der Waals surface area contributed by atoms with Gasteiger partial charge in [0.25, 0.3) is 11.8 Å². The van der Waals surface area contributed by atoms with Crippen molar-refractivity contribution in [2.75, 3.05) is 11.9 Å². The highest BCUT2D eigenvalue weighted by molar-refractivity contribution is 6.06. The Morgan fingerprint density at radius 2 is 1.70 bits per heavy atom. The normalized spacial score (nSPS) is 11.1. The molecular formula is C19H20F3N3O2. The van der Waals surface area contributed by atoms with Gasteiger partial charge in [0.15, 0.2) is 0 Å². The van der Waals surface area contributed by atoms with Gasteiger partial charge < -0.3 is 16.4 Å². The molecule has 0 saturated carbocycles. The van der Waals surface area contributed by atoms with Gasteiger partial charge in [0.05, 0.1) is 5.56 Å². The van der Waals surface area contributed by atoms with Crippen molar-refractivity contribution in [1.29, 1.82) is 0 Å². The molecule has 0 aliphatic heterocycles. The molecule has 0 spiro atoms. The van der Waals surface area contributed by atoms with E-state index in [0.717, 1.165) is 18.6 Å². The summed E-state index contributed by atoms with van der Waals surface area (Å²) in [5.74, 6) is -0.946. The Morgan fingerprint density at radius 3 is 2.30 bits per heavy atom. The SMILES string of the molecule is CCCNC(=O)c1cccc(C(=O)Nc2cc(CN)cc(C(F)(F)F)c2)c1. The van der Waals surface area contributed by atoms with Crippen LogP contribution in [0.1, 0.15) is 45.2 Å². The maximum Gasteiger partial charge on any atom is 0.416 e. The first kappa shape index (κ1) is 20.4. The van der Waals surface area contributed by atoms with Crippen molar-refractivity contribution < 1.29 is 22.8 Å². The maximum atomic E-state index is 13.0. The van der Waals surface area contributed by atoms with Gasteiger partial charge in [-0.15, -0.1) is 0 Å². The molecule has 0 fully saturated rings.